The quantitative estimate of drug-likeness (QED) is 0.570. The molecule has 0 amide bonds. The lowest BCUT2D eigenvalue weighted by atomic mass is 10.0. The van der Waals surface area contributed by atoms with Crippen LogP contribution in [-0.4, -0.2) is 23.5 Å². The molecule has 0 aromatic rings. The van der Waals surface area contributed by atoms with Gasteiger partial charge in [-0.25, -0.2) is 0 Å². The van der Waals surface area contributed by atoms with Gasteiger partial charge in [-0.2, -0.15) is 0 Å². The molecule has 0 bridgehead atoms. The zero-order valence-electron chi connectivity index (χ0n) is 7.48. The summed E-state index contributed by atoms with van der Waals surface area (Å²) < 4.78 is 0. The largest absolute Gasteiger partial charge is 0.298 e. The van der Waals surface area contributed by atoms with Crippen molar-refractivity contribution in [3.63, 3.8) is 0 Å². The van der Waals surface area contributed by atoms with Gasteiger partial charge in [-0.3, -0.25) is 4.90 Å². The van der Waals surface area contributed by atoms with Crippen molar-refractivity contribution in [3.05, 3.63) is 0 Å². The van der Waals surface area contributed by atoms with E-state index in [9.17, 15) is 0 Å². The third kappa shape index (κ3) is 1.51. The van der Waals surface area contributed by atoms with Gasteiger partial charge in [-0.05, 0) is 46.2 Å². The van der Waals surface area contributed by atoms with E-state index in [0.29, 0.717) is 5.54 Å². The normalized spacial score (nSPS) is 25.5. The van der Waals surface area contributed by atoms with Gasteiger partial charge < -0.3 is 0 Å². The van der Waals surface area contributed by atoms with Crippen molar-refractivity contribution in [3.8, 4) is 0 Å². The van der Waals surface area contributed by atoms with Crippen LogP contribution in [0, 0.1) is 0 Å². The summed E-state index contributed by atoms with van der Waals surface area (Å²) in [4.78, 5) is 2.60. The fourth-order valence-corrected chi connectivity index (χ4v) is 1.85. The van der Waals surface area contributed by atoms with Crippen LogP contribution in [0.5, 0.6) is 0 Å². The van der Waals surface area contributed by atoms with E-state index in [4.69, 9.17) is 0 Å². The summed E-state index contributed by atoms with van der Waals surface area (Å²) >= 11 is 0. The zero-order chi connectivity index (χ0) is 7.61. The lowest BCUT2D eigenvalue weighted by Crippen LogP contribution is -2.38. The molecule has 1 aliphatic rings. The van der Waals surface area contributed by atoms with Gasteiger partial charge in [0.05, 0.1) is 0 Å². The Hall–Kier alpha value is -0.0400. The molecule has 1 heterocycles. The molecular formula is C9H19N. The fraction of sp³-hybridized carbons (Fsp3) is 1.00. The van der Waals surface area contributed by atoms with E-state index in [0.717, 1.165) is 0 Å². The SMILES string of the molecule is CCCN1CCCC1(C)C. The smallest absolute Gasteiger partial charge is 0.0153 e. The van der Waals surface area contributed by atoms with Gasteiger partial charge in [0, 0.05) is 5.54 Å². The first kappa shape index (κ1) is 8.06. The Morgan fingerprint density at radius 1 is 1.40 bits per heavy atom. The first-order valence-electron chi connectivity index (χ1n) is 4.42. The van der Waals surface area contributed by atoms with Gasteiger partial charge in [0.1, 0.15) is 0 Å². The molecule has 60 valence electrons. The van der Waals surface area contributed by atoms with Crippen LogP contribution < -0.4 is 0 Å². The minimum absolute atomic E-state index is 0.496. The number of hydrogen-bond donors (Lipinski definition) is 0. The maximum Gasteiger partial charge on any atom is 0.0153 e. The van der Waals surface area contributed by atoms with E-state index in [1.807, 2.05) is 0 Å². The Morgan fingerprint density at radius 3 is 2.50 bits per heavy atom. The van der Waals surface area contributed by atoms with Crippen molar-refractivity contribution in [1.29, 1.82) is 0 Å². The number of nitrogens with zero attached hydrogens (tertiary/aromatic N) is 1. The number of likely N-dealkylation sites (tertiary alicyclic amines) is 1. The van der Waals surface area contributed by atoms with Crippen molar-refractivity contribution in [2.24, 2.45) is 0 Å². The fourth-order valence-electron chi connectivity index (χ4n) is 1.85. The third-order valence-corrected chi connectivity index (χ3v) is 2.57. The topological polar surface area (TPSA) is 3.24 Å². The standard InChI is InChI=1S/C9H19N/c1-4-7-10-8-5-6-9(10,2)3/h4-8H2,1-3H3. The van der Waals surface area contributed by atoms with Crippen molar-refractivity contribution in [2.45, 2.75) is 45.6 Å². The Balaban J connectivity index is 2.43. The van der Waals surface area contributed by atoms with E-state index in [1.165, 1.54) is 32.4 Å². The molecule has 1 rings (SSSR count). The molecule has 0 radical (unpaired) electrons. The molecule has 1 fully saturated rings. The molecule has 1 nitrogen and oxygen atoms in total. The van der Waals surface area contributed by atoms with Gasteiger partial charge in [0.2, 0.25) is 0 Å². The maximum absolute atomic E-state index is 2.60. The van der Waals surface area contributed by atoms with Crippen LogP contribution in [-0.2, 0) is 0 Å². The highest BCUT2D eigenvalue weighted by Crippen LogP contribution is 2.27. The predicted octanol–water partition coefficient (Wildman–Crippen LogP) is 2.27. The summed E-state index contributed by atoms with van der Waals surface area (Å²) in [7, 11) is 0. The molecule has 1 saturated heterocycles. The van der Waals surface area contributed by atoms with Gasteiger partial charge in [-0.1, -0.05) is 6.92 Å². The summed E-state index contributed by atoms with van der Waals surface area (Å²) in [5.74, 6) is 0. The summed E-state index contributed by atoms with van der Waals surface area (Å²) in [6.07, 6.45) is 4.07. The minimum atomic E-state index is 0.496. The summed E-state index contributed by atoms with van der Waals surface area (Å²) in [6.45, 7) is 9.58. The molecule has 1 heteroatoms. The molecule has 0 unspecified atom stereocenters. The van der Waals surface area contributed by atoms with Gasteiger partial charge in [0.25, 0.3) is 0 Å². The average Bonchev–Trinajstić information content (AvgIpc) is 2.13. The molecule has 0 spiro atoms. The van der Waals surface area contributed by atoms with E-state index in [-0.39, 0.29) is 0 Å². The second-order valence-electron chi connectivity index (χ2n) is 3.90. The van der Waals surface area contributed by atoms with E-state index in [2.05, 4.69) is 25.7 Å². The highest BCUT2D eigenvalue weighted by molar-refractivity contribution is 4.87. The lowest BCUT2D eigenvalue weighted by Gasteiger charge is -2.30. The van der Waals surface area contributed by atoms with Crippen LogP contribution in [0.1, 0.15) is 40.0 Å². The van der Waals surface area contributed by atoms with Crippen LogP contribution in [0.2, 0.25) is 0 Å². The van der Waals surface area contributed by atoms with Crippen molar-refractivity contribution < 1.29 is 0 Å². The van der Waals surface area contributed by atoms with Crippen LogP contribution in [0.25, 0.3) is 0 Å². The Labute approximate surface area is 64.4 Å². The van der Waals surface area contributed by atoms with Crippen LogP contribution in [0.4, 0.5) is 0 Å². The van der Waals surface area contributed by atoms with Crippen molar-refractivity contribution >= 4 is 0 Å². The average molecular weight is 141 g/mol. The molecule has 0 aromatic carbocycles. The molecule has 0 aromatic heterocycles. The Bertz CT molecular complexity index is 107. The van der Waals surface area contributed by atoms with E-state index < -0.39 is 0 Å². The van der Waals surface area contributed by atoms with Crippen LogP contribution >= 0.6 is 0 Å². The van der Waals surface area contributed by atoms with Crippen LogP contribution in [0.15, 0.2) is 0 Å². The molecule has 0 atom stereocenters. The number of hydrogen-bond acceptors (Lipinski definition) is 1. The minimum Gasteiger partial charge on any atom is -0.298 e. The summed E-state index contributed by atoms with van der Waals surface area (Å²) in [6, 6.07) is 0. The summed E-state index contributed by atoms with van der Waals surface area (Å²) in [5, 5.41) is 0. The first-order chi connectivity index (χ1) is 4.67. The second kappa shape index (κ2) is 2.91. The third-order valence-electron chi connectivity index (χ3n) is 2.57. The van der Waals surface area contributed by atoms with Gasteiger partial charge in [0.15, 0.2) is 0 Å². The highest BCUT2D eigenvalue weighted by Gasteiger charge is 2.30. The second-order valence-corrected chi connectivity index (χ2v) is 3.90. The molecule has 0 N–H and O–H groups in total. The van der Waals surface area contributed by atoms with E-state index in [1.54, 1.807) is 0 Å². The Morgan fingerprint density at radius 2 is 2.10 bits per heavy atom. The summed E-state index contributed by atoms with van der Waals surface area (Å²) in [5.41, 5.74) is 0.496. The number of rotatable bonds is 2. The van der Waals surface area contributed by atoms with Gasteiger partial charge in [-0.15, -0.1) is 0 Å². The van der Waals surface area contributed by atoms with Crippen LogP contribution in [0.3, 0.4) is 0 Å². The van der Waals surface area contributed by atoms with Crippen molar-refractivity contribution in [1.82, 2.24) is 4.90 Å². The first-order valence-corrected chi connectivity index (χ1v) is 4.42. The van der Waals surface area contributed by atoms with Gasteiger partial charge >= 0.3 is 0 Å². The molecule has 1 aliphatic heterocycles. The van der Waals surface area contributed by atoms with E-state index >= 15 is 0 Å². The van der Waals surface area contributed by atoms with Crippen molar-refractivity contribution in [2.75, 3.05) is 13.1 Å². The predicted molar refractivity (Wildman–Crippen MR) is 45.2 cm³/mol. The molecule has 0 saturated carbocycles. The Kier molecular flexibility index (Phi) is 2.35. The lowest BCUT2D eigenvalue weighted by molar-refractivity contribution is 0.175. The molecule has 10 heavy (non-hydrogen) atoms. The molecular weight excluding hydrogens is 122 g/mol. The molecule has 0 aliphatic carbocycles. The highest BCUT2D eigenvalue weighted by atomic mass is 15.2. The zero-order valence-corrected chi connectivity index (χ0v) is 7.48. The monoisotopic (exact) mass is 141 g/mol. The maximum atomic E-state index is 2.60.